The molecule has 10 nitrogen and oxygen atoms in total. The molecule has 6 N–H and O–H groups in total. The summed E-state index contributed by atoms with van der Waals surface area (Å²) in [7, 11) is 0. The normalized spacial score (nSPS) is 14.8. The van der Waals surface area contributed by atoms with Gasteiger partial charge in [0, 0.05) is 43.1 Å². The Kier molecular flexibility index (Phi) is 11.7. The van der Waals surface area contributed by atoms with Gasteiger partial charge in [-0.05, 0) is 60.1 Å². The average molecular weight is 645 g/mol. The number of guanidine groups is 1. The van der Waals surface area contributed by atoms with Crippen LogP contribution in [0.3, 0.4) is 0 Å². The van der Waals surface area contributed by atoms with Crippen LogP contribution in [0.1, 0.15) is 53.6 Å². The van der Waals surface area contributed by atoms with E-state index in [2.05, 4.69) is 86.2 Å². The number of benzene rings is 2. The van der Waals surface area contributed by atoms with Gasteiger partial charge in [-0.15, -0.1) is 11.3 Å². The topological polar surface area (TPSA) is 148 Å². The van der Waals surface area contributed by atoms with Gasteiger partial charge in [0.15, 0.2) is 11.8 Å². The van der Waals surface area contributed by atoms with Crippen molar-refractivity contribution >= 4 is 51.9 Å². The Bertz CT molecular complexity index is 1530. The van der Waals surface area contributed by atoms with Crippen molar-refractivity contribution in [2.24, 2.45) is 16.5 Å². The summed E-state index contributed by atoms with van der Waals surface area (Å²) in [6.07, 6.45) is 9.58. The number of nitro groups is 1. The van der Waals surface area contributed by atoms with Crippen molar-refractivity contribution in [3.8, 4) is 0 Å². The first kappa shape index (κ1) is 32.3. The van der Waals surface area contributed by atoms with Crippen molar-refractivity contribution < 1.29 is 4.92 Å². The van der Waals surface area contributed by atoms with Crippen LogP contribution in [0.5, 0.6) is 0 Å². The zero-order valence-corrected chi connectivity index (χ0v) is 26.9. The molecule has 0 unspecified atom stereocenters. The van der Waals surface area contributed by atoms with E-state index >= 15 is 0 Å². The highest BCUT2D eigenvalue weighted by molar-refractivity contribution is 7.98. The van der Waals surface area contributed by atoms with E-state index in [1.165, 1.54) is 44.7 Å². The number of thioether (sulfide) groups is 1. The monoisotopic (exact) mass is 644 g/mol. The maximum atomic E-state index is 11.1. The minimum absolute atomic E-state index is 0.00913. The second kappa shape index (κ2) is 16.3. The molecule has 1 fully saturated rings. The predicted octanol–water partition coefficient (Wildman–Crippen LogP) is 5.40. The lowest BCUT2D eigenvalue weighted by Gasteiger charge is -2.30. The number of nitrogens with zero attached hydrogens (tertiary/aromatic N) is 4. The second-order valence-electron chi connectivity index (χ2n) is 10.9. The van der Waals surface area contributed by atoms with Crippen LogP contribution in [-0.2, 0) is 5.75 Å². The molecule has 236 valence electrons. The molecule has 1 saturated heterocycles. The number of aliphatic imine (C=N–C) groups is 1. The minimum Gasteiger partial charge on any atom is -0.370 e. The summed E-state index contributed by atoms with van der Waals surface area (Å²) in [4.78, 5) is 21.6. The Morgan fingerprint density at radius 1 is 1.02 bits per heavy atom. The zero-order valence-electron chi connectivity index (χ0n) is 25.3. The molecular formula is C33H40N8O2S2. The minimum atomic E-state index is -0.427. The number of nitrogens with one attached hydrogen (secondary N) is 2. The van der Waals surface area contributed by atoms with Gasteiger partial charge in [0.1, 0.15) is 0 Å². The Morgan fingerprint density at radius 3 is 2.36 bits per heavy atom. The first-order valence-corrected chi connectivity index (χ1v) is 17.3. The quantitative estimate of drug-likeness (QED) is 0.0466. The van der Waals surface area contributed by atoms with Crippen molar-refractivity contribution in [2.45, 2.75) is 31.4 Å². The Hall–Kier alpha value is -4.13. The molecule has 45 heavy (non-hydrogen) atoms. The fourth-order valence-electron chi connectivity index (χ4n) is 5.64. The van der Waals surface area contributed by atoms with E-state index in [1.807, 2.05) is 5.38 Å². The smallest absolute Gasteiger partial charge is 0.274 e. The molecule has 0 atom stereocenters. The molecule has 1 aliphatic heterocycles. The third-order valence-corrected chi connectivity index (χ3v) is 9.52. The van der Waals surface area contributed by atoms with Gasteiger partial charge in [-0.25, -0.2) is 4.98 Å². The van der Waals surface area contributed by atoms with Crippen molar-refractivity contribution in [3.05, 3.63) is 110 Å². The highest BCUT2D eigenvalue weighted by Crippen LogP contribution is 2.38. The summed E-state index contributed by atoms with van der Waals surface area (Å²) in [6.45, 7) is 4.39. The van der Waals surface area contributed by atoms with E-state index < -0.39 is 4.92 Å². The number of thiazole rings is 1. The molecule has 0 saturated carbocycles. The highest BCUT2D eigenvalue weighted by atomic mass is 32.2. The molecule has 1 aromatic heterocycles. The molecule has 3 aromatic rings. The molecule has 12 heteroatoms. The molecule has 1 aliphatic carbocycles. The number of unbranched alkanes of at least 4 members (excludes halogenated alkanes) is 1. The Balaban J connectivity index is 1.03. The van der Waals surface area contributed by atoms with E-state index in [1.54, 1.807) is 11.8 Å². The van der Waals surface area contributed by atoms with Crippen LogP contribution in [0.4, 0.5) is 5.13 Å². The van der Waals surface area contributed by atoms with E-state index in [-0.39, 0.29) is 5.96 Å². The predicted molar refractivity (Wildman–Crippen MR) is 188 cm³/mol. The van der Waals surface area contributed by atoms with Crippen LogP contribution in [0, 0.1) is 10.1 Å². The van der Waals surface area contributed by atoms with Crippen LogP contribution < -0.4 is 22.1 Å². The summed E-state index contributed by atoms with van der Waals surface area (Å²) in [5.41, 5.74) is 19.9. The maximum Gasteiger partial charge on any atom is 0.274 e. The Morgan fingerprint density at radius 2 is 1.69 bits per heavy atom. The highest BCUT2D eigenvalue weighted by Gasteiger charge is 2.22. The van der Waals surface area contributed by atoms with E-state index in [0.29, 0.717) is 29.8 Å². The van der Waals surface area contributed by atoms with Gasteiger partial charge in [-0.2, -0.15) is 16.8 Å². The van der Waals surface area contributed by atoms with E-state index in [0.717, 1.165) is 63.0 Å². The molecule has 0 amide bonds. The van der Waals surface area contributed by atoms with Crippen molar-refractivity contribution in [2.75, 3.05) is 38.5 Å². The summed E-state index contributed by atoms with van der Waals surface area (Å²) in [5.74, 6) is 1.92. The van der Waals surface area contributed by atoms with E-state index in [4.69, 9.17) is 11.5 Å². The number of hydrogen-bond acceptors (Lipinski definition) is 9. The molecular weight excluding hydrogens is 605 g/mol. The zero-order chi connectivity index (χ0) is 31.4. The fourth-order valence-corrected chi connectivity index (χ4v) is 7.20. The summed E-state index contributed by atoms with van der Waals surface area (Å²) in [5, 5.41) is 20.0. The standard InChI is InChI=1S/C33H40N8O2S2/c34-32(35)39-33-38-27(23-45-33)22-44-20-16-37-30(21-41(42)43)36-15-5-6-17-40-18-13-26(14-19-40)31-28-9-3-1-7-24(28)11-12-25-8-2-4-10-29(25)31/h1-4,7-12,21,23,36-37H,5-6,13-20,22H2,(H4,34,35,38,39)/b30-21-. The number of rotatable bonds is 14. The molecule has 2 aliphatic rings. The molecule has 0 radical (unpaired) electrons. The Labute approximate surface area is 272 Å². The van der Waals surface area contributed by atoms with Crippen LogP contribution in [0.25, 0.3) is 17.7 Å². The van der Waals surface area contributed by atoms with Gasteiger partial charge in [-0.1, -0.05) is 66.3 Å². The lowest BCUT2D eigenvalue weighted by atomic mass is 9.86. The van der Waals surface area contributed by atoms with Gasteiger partial charge >= 0.3 is 0 Å². The molecule has 2 heterocycles. The van der Waals surface area contributed by atoms with Gasteiger partial charge in [-0.3, -0.25) is 10.1 Å². The third kappa shape index (κ3) is 9.43. The number of nitrogens with two attached hydrogens (primary N) is 2. The summed E-state index contributed by atoms with van der Waals surface area (Å²) < 4.78 is 0. The number of piperidine rings is 1. The lowest BCUT2D eigenvalue weighted by Crippen LogP contribution is -2.33. The molecule has 0 spiro atoms. The van der Waals surface area contributed by atoms with E-state index in [9.17, 15) is 10.1 Å². The van der Waals surface area contributed by atoms with Crippen LogP contribution in [0.15, 0.2) is 76.5 Å². The largest absolute Gasteiger partial charge is 0.370 e. The van der Waals surface area contributed by atoms with Crippen LogP contribution in [-0.4, -0.2) is 59.2 Å². The molecule has 5 rings (SSSR count). The summed E-state index contributed by atoms with van der Waals surface area (Å²) in [6, 6.07) is 17.4. The van der Waals surface area contributed by atoms with Crippen molar-refractivity contribution in [3.63, 3.8) is 0 Å². The summed E-state index contributed by atoms with van der Waals surface area (Å²) >= 11 is 3.07. The maximum absolute atomic E-state index is 11.1. The first-order valence-electron chi connectivity index (χ1n) is 15.2. The lowest BCUT2D eigenvalue weighted by molar-refractivity contribution is -0.404. The van der Waals surface area contributed by atoms with Gasteiger partial charge in [0.2, 0.25) is 5.13 Å². The van der Waals surface area contributed by atoms with Crippen molar-refractivity contribution in [1.29, 1.82) is 0 Å². The van der Waals surface area contributed by atoms with Crippen molar-refractivity contribution in [1.82, 2.24) is 20.5 Å². The molecule has 2 aromatic carbocycles. The number of hydrogen-bond donors (Lipinski definition) is 4. The van der Waals surface area contributed by atoms with Gasteiger partial charge in [0.25, 0.3) is 6.20 Å². The van der Waals surface area contributed by atoms with Crippen LogP contribution >= 0.6 is 23.1 Å². The number of likely N-dealkylation sites (tertiary alicyclic amines) is 1. The average Bonchev–Trinajstić information content (AvgIpc) is 3.39. The van der Waals surface area contributed by atoms with Gasteiger partial charge in [0.05, 0.1) is 10.6 Å². The van der Waals surface area contributed by atoms with Crippen LogP contribution in [0.2, 0.25) is 0 Å². The third-order valence-electron chi connectivity index (χ3n) is 7.74. The fraction of sp³-hybridized carbons (Fsp3) is 0.333. The SMILES string of the molecule is NC(N)=Nc1nc(CSCCN/C(=C\[N+](=O)[O-])NCCCCN2CCC(=C3c4ccccc4C=Cc4ccccc43)CC2)cs1. The molecule has 0 bridgehead atoms. The first-order chi connectivity index (χ1) is 22.0. The number of fused-ring (bicyclic) bond motifs is 2. The second-order valence-corrected chi connectivity index (χ2v) is 12.9. The van der Waals surface area contributed by atoms with Gasteiger partial charge < -0.3 is 27.0 Å². The number of aromatic nitrogens is 1.